The summed E-state index contributed by atoms with van der Waals surface area (Å²) in [4.78, 5) is 8.64. The van der Waals surface area contributed by atoms with Crippen LogP contribution in [-0.2, 0) is 18.4 Å². The maximum Gasteiger partial charge on any atom is 0.484 e. The Morgan fingerprint density at radius 2 is 1.52 bits per heavy atom. The van der Waals surface area contributed by atoms with Gasteiger partial charge in [0, 0.05) is 34.9 Å². The van der Waals surface area contributed by atoms with Crippen molar-refractivity contribution in [2.24, 2.45) is 4.52 Å². The van der Waals surface area contributed by atoms with Gasteiger partial charge in [0.2, 0.25) is 0 Å². The van der Waals surface area contributed by atoms with E-state index in [-0.39, 0.29) is 8.88 Å². The molecule has 1 fully saturated rings. The van der Waals surface area contributed by atoms with E-state index in [1.165, 1.54) is 0 Å². The molecular formula is C5H14F8N6O4P6. The van der Waals surface area contributed by atoms with Crippen LogP contribution in [0.25, 0.3) is 0 Å². The summed E-state index contributed by atoms with van der Waals surface area (Å²) in [5, 5.41) is 0. The molecule has 1 saturated heterocycles. The predicted molar refractivity (Wildman–Crippen MR) is 96.4 cm³/mol. The standard InChI is InChI=1S/C3H9F3N3O3P3.C2H5F5N3OP3/c1-10-14-7-15(11-2,12-3)9(5)13(6)8(14)4;3-1(4,5)2(6,7)11-10-13-8-12-9-14-10/h1-3H3;8-9,12-14H. The van der Waals surface area contributed by atoms with Gasteiger partial charge in [-0.2, -0.15) is 30.7 Å². The van der Waals surface area contributed by atoms with Crippen LogP contribution in [0.2, 0.25) is 0 Å². The Kier molecular flexibility index (Phi) is 11.9. The molecule has 2 aliphatic heterocycles. The second kappa shape index (κ2) is 12.1. The Morgan fingerprint density at radius 3 is 1.93 bits per heavy atom. The van der Waals surface area contributed by atoms with E-state index in [9.17, 15) is 35.1 Å². The molecule has 4 atom stereocenters. The van der Waals surface area contributed by atoms with Crippen LogP contribution < -0.4 is 9.72 Å². The lowest BCUT2D eigenvalue weighted by atomic mass is 10.6. The van der Waals surface area contributed by atoms with Crippen LogP contribution in [0.15, 0.2) is 4.52 Å². The zero-order valence-corrected chi connectivity index (χ0v) is 20.0. The van der Waals surface area contributed by atoms with Crippen LogP contribution in [0.5, 0.6) is 0 Å². The van der Waals surface area contributed by atoms with Gasteiger partial charge in [0.1, 0.15) is 0 Å². The lowest BCUT2D eigenvalue weighted by Gasteiger charge is -2.34. The topological polar surface area (TPSA) is 83.1 Å². The summed E-state index contributed by atoms with van der Waals surface area (Å²) in [5.74, 6) is 0. The maximum absolute atomic E-state index is 13.3. The highest BCUT2D eigenvalue weighted by Gasteiger charge is 2.61. The first kappa shape index (κ1) is 28.5. The molecule has 174 valence electrons. The van der Waals surface area contributed by atoms with Crippen molar-refractivity contribution in [3.05, 3.63) is 0 Å². The lowest BCUT2D eigenvalue weighted by molar-refractivity contribution is -0.419. The molecule has 0 aromatic heterocycles. The van der Waals surface area contributed by atoms with Gasteiger partial charge in [0.15, 0.2) is 0 Å². The van der Waals surface area contributed by atoms with Crippen molar-refractivity contribution in [2.75, 3.05) is 21.3 Å². The quantitative estimate of drug-likeness (QED) is 0.247. The van der Waals surface area contributed by atoms with Gasteiger partial charge >= 0.3 is 28.5 Å². The molecule has 0 spiro atoms. The summed E-state index contributed by atoms with van der Waals surface area (Å²) in [5.41, 5.74) is 0. The highest BCUT2D eigenvalue weighted by molar-refractivity contribution is 7.77. The lowest BCUT2D eigenvalue weighted by Crippen LogP contribution is -2.42. The average molecular weight is 560 g/mol. The summed E-state index contributed by atoms with van der Waals surface area (Å²) in [6, 6.07) is 0. The first-order valence-electron chi connectivity index (χ1n) is 6.51. The third kappa shape index (κ3) is 7.49. The van der Waals surface area contributed by atoms with Crippen LogP contribution >= 0.6 is 51.3 Å². The molecule has 2 rings (SSSR count). The largest absolute Gasteiger partial charge is 0.484 e. The van der Waals surface area contributed by atoms with E-state index in [0.29, 0.717) is 4.60 Å². The predicted octanol–water partition coefficient (Wildman–Crippen LogP) is 5.78. The fourth-order valence-electron chi connectivity index (χ4n) is 1.19. The molecule has 0 aliphatic carbocycles. The fourth-order valence-corrected chi connectivity index (χ4v) is 10.8. The third-order valence-corrected chi connectivity index (χ3v) is 11.6. The summed E-state index contributed by atoms with van der Waals surface area (Å²) in [7, 11) is -6.43. The zero-order valence-electron chi connectivity index (χ0n) is 14.3. The highest BCUT2D eigenvalue weighted by Crippen LogP contribution is 2.79. The molecule has 0 aromatic carbocycles. The third-order valence-electron chi connectivity index (χ3n) is 2.43. The summed E-state index contributed by atoms with van der Waals surface area (Å²) < 4.78 is 116. The smallest absolute Gasteiger partial charge is 0.327 e. The van der Waals surface area contributed by atoms with Gasteiger partial charge in [0.25, 0.3) is 8.45 Å². The number of nitrogens with zero attached hydrogens (tertiary/aromatic N) is 4. The van der Waals surface area contributed by atoms with Crippen molar-refractivity contribution in [3.8, 4) is 0 Å². The van der Waals surface area contributed by atoms with E-state index in [1.54, 1.807) is 0 Å². The Hall–Kier alpha value is 1.46. The van der Waals surface area contributed by atoms with Crippen LogP contribution in [0.3, 0.4) is 0 Å². The molecule has 0 amide bonds. The minimum Gasteiger partial charge on any atom is -0.327 e. The average Bonchev–Trinajstić information content (AvgIpc) is 2.67. The van der Waals surface area contributed by atoms with E-state index in [0.717, 1.165) is 21.3 Å². The Bertz CT molecular complexity index is 567. The minimum absolute atomic E-state index is 0.138. The van der Waals surface area contributed by atoms with E-state index < -0.39 is 64.0 Å². The van der Waals surface area contributed by atoms with Gasteiger partial charge in [-0.25, -0.2) is 4.84 Å². The highest BCUT2D eigenvalue weighted by atomic mass is 31.3. The molecule has 0 aromatic rings. The summed E-state index contributed by atoms with van der Waals surface area (Å²) in [6.07, 6.45) is -10.8. The number of hydrogen-bond donors (Lipinski definition) is 2. The van der Waals surface area contributed by atoms with Gasteiger partial charge < -0.3 is 13.6 Å². The summed E-state index contributed by atoms with van der Waals surface area (Å²) >= 11 is 0. The second-order valence-electron chi connectivity index (χ2n) is 4.10. The van der Waals surface area contributed by atoms with Gasteiger partial charge in [-0.3, -0.25) is 9.72 Å². The molecule has 24 heteroatoms. The molecule has 0 bridgehead atoms. The van der Waals surface area contributed by atoms with Crippen molar-refractivity contribution >= 4 is 51.3 Å². The van der Waals surface area contributed by atoms with Crippen molar-refractivity contribution in [3.63, 3.8) is 0 Å². The maximum atomic E-state index is 13.3. The van der Waals surface area contributed by atoms with E-state index in [1.807, 2.05) is 0 Å². The molecule has 2 heterocycles. The molecular weight excluding hydrogens is 546 g/mol. The van der Waals surface area contributed by atoms with Crippen molar-refractivity contribution in [2.45, 2.75) is 12.3 Å². The number of halogens is 8. The molecule has 4 unspecified atom stereocenters. The first-order valence-corrected chi connectivity index (χ1v) is 13.2. The number of rotatable bonds is 5. The zero-order chi connectivity index (χ0) is 22.5. The van der Waals surface area contributed by atoms with Gasteiger partial charge in [-0.1, -0.05) is 0 Å². The van der Waals surface area contributed by atoms with Crippen LogP contribution in [-0.4, -0.2) is 47.5 Å². The minimum atomic E-state index is -5.69. The monoisotopic (exact) mass is 560 g/mol. The van der Waals surface area contributed by atoms with Crippen molar-refractivity contribution < 1.29 is 53.5 Å². The van der Waals surface area contributed by atoms with E-state index >= 15 is 0 Å². The van der Waals surface area contributed by atoms with Crippen molar-refractivity contribution in [1.82, 2.24) is 23.6 Å². The Morgan fingerprint density at radius 1 is 1.00 bits per heavy atom. The van der Waals surface area contributed by atoms with Gasteiger partial charge in [-0.15, -0.1) is 13.6 Å². The SMILES string of the molecule is COP1N=P(OC)(OC)N(F)P(F)N1F.FC(F)(F)C(F)(F)ON1PNPNP1. The first-order chi connectivity index (χ1) is 13.3. The van der Waals surface area contributed by atoms with Crippen LogP contribution in [0, 0.1) is 0 Å². The van der Waals surface area contributed by atoms with Gasteiger partial charge in [-0.05, 0) is 4.66 Å². The van der Waals surface area contributed by atoms with E-state index in [2.05, 4.69) is 32.6 Å². The van der Waals surface area contributed by atoms with Crippen molar-refractivity contribution in [1.29, 1.82) is 0 Å². The van der Waals surface area contributed by atoms with E-state index in [4.69, 9.17) is 0 Å². The van der Waals surface area contributed by atoms with Crippen LogP contribution in [0.1, 0.15) is 0 Å². The number of alkyl halides is 5. The normalized spacial score (nSPS) is 29.6. The number of hydrogen-bond acceptors (Lipinski definition) is 10. The molecule has 0 saturated carbocycles. The molecule has 0 radical (unpaired) electrons. The Labute approximate surface area is 167 Å². The Balaban J connectivity index is 0.000000291. The van der Waals surface area contributed by atoms with Crippen LogP contribution in [0.4, 0.5) is 35.1 Å². The molecule has 2 aliphatic rings. The molecule has 10 nitrogen and oxygen atoms in total. The number of nitrogens with one attached hydrogen (secondary N) is 2. The second-order valence-corrected chi connectivity index (χ2v) is 13.9. The van der Waals surface area contributed by atoms with Gasteiger partial charge in [0.05, 0.1) is 17.8 Å². The molecule has 2 N–H and O–H groups in total. The fraction of sp³-hybridized carbons (Fsp3) is 1.00. The summed E-state index contributed by atoms with van der Waals surface area (Å²) in [6.45, 7) is 0. The molecule has 29 heavy (non-hydrogen) atoms.